The Morgan fingerprint density at radius 2 is 0.808 bits per heavy atom. The molecule has 0 amide bonds. The number of rotatable bonds is 0. The molecule has 0 aliphatic carbocycles. The van der Waals surface area contributed by atoms with E-state index < -0.39 is 0 Å². The van der Waals surface area contributed by atoms with E-state index in [1.807, 2.05) is 47.0 Å². The van der Waals surface area contributed by atoms with Crippen molar-refractivity contribution in [3.8, 4) is 24.3 Å². The van der Waals surface area contributed by atoms with Crippen LogP contribution >= 0.6 is 47.0 Å². The van der Waals surface area contributed by atoms with Crippen molar-refractivity contribution < 1.29 is 0 Å². The van der Waals surface area contributed by atoms with Crippen molar-refractivity contribution in [1.82, 2.24) is 0 Å². The maximum absolute atomic E-state index is 8.63. The van der Waals surface area contributed by atoms with Crippen LogP contribution in [0.5, 0.6) is 0 Å². The fraction of sp³-hybridized carbons (Fsp3) is 0. The molecule has 0 aromatic heterocycles. The largest absolute Gasteiger partial charge is 0.192 e. The van der Waals surface area contributed by atoms with Gasteiger partial charge in [0.15, 0.2) is 0 Å². The zero-order valence-electron chi connectivity index (χ0n) is 13.0. The highest BCUT2D eigenvalue weighted by Crippen LogP contribution is 2.50. The third kappa shape index (κ3) is 5.27. The van der Waals surface area contributed by atoms with Gasteiger partial charge in [-0.2, -0.15) is 21.0 Å². The van der Waals surface area contributed by atoms with Crippen molar-refractivity contribution >= 4 is 58.2 Å². The molecule has 0 radical (unpaired) electrons. The third-order valence-corrected chi connectivity index (χ3v) is 7.67. The Morgan fingerprint density at radius 3 is 1.04 bits per heavy atom. The minimum absolute atomic E-state index is 0.00187. The van der Waals surface area contributed by atoms with Crippen LogP contribution in [-0.2, 0) is 0 Å². The summed E-state index contributed by atoms with van der Waals surface area (Å²) >= 11 is 7.28. The molecule has 2 aliphatic heterocycles. The molecule has 3 rings (SSSR count). The van der Waals surface area contributed by atoms with Crippen LogP contribution in [0.2, 0.25) is 0 Å². The van der Waals surface area contributed by atoms with Crippen LogP contribution in [0.15, 0.2) is 54.4 Å². The SMILES string of the molecule is C1=CSC(=C2SC=CS2)S1.N#CC(C#N)=c1ccc(=C(C#N)C#N)cc1. The Bertz CT molecular complexity index is 924. The van der Waals surface area contributed by atoms with Gasteiger partial charge in [0.2, 0.25) is 0 Å². The molecule has 2 heterocycles. The number of hydrogen-bond donors (Lipinski definition) is 0. The van der Waals surface area contributed by atoms with E-state index in [0.29, 0.717) is 10.4 Å². The summed E-state index contributed by atoms with van der Waals surface area (Å²) in [6, 6.07) is 13.2. The van der Waals surface area contributed by atoms with Crippen molar-refractivity contribution in [2.45, 2.75) is 0 Å². The Balaban J connectivity index is 0.000000206. The van der Waals surface area contributed by atoms with E-state index in [9.17, 15) is 0 Å². The first kappa shape index (κ1) is 19.9. The topological polar surface area (TPSA) is 95.2 Å². The average molecular weight is 409 g/mol. The Kier molecular flexibility index (Phi) is 8.03. The third-order valence-electron chi connectivity index (χ3n) is 2.89. The van der Waals surface area contributed by atoms with Crippen molar-refractivity contribution in [2.75, 3.05) is 0 Å². The van der Waals surface area contributed by atoms with Gasteiger partial charge < -0.3 is 0 Å². The van der Waals surface area contributed by atoms with Gasteiger partial charge in [0.25, 0.3) is 0 Å². The lowest BCUT2D eigenvalue weighted by molar-refractivity contribution is 1.46. The van der Waals surface area contributed by atoms with Crippen LogP contribution < -0.4 is 10.4 Å². The quantitative estimate of drug-likeness (QED) is 0.633. The van der Waals surface area contributed by atoms with Crippen LogP contribution in [0.1, 0.15) is 0 Å². The lowest BCUT2D eigenvalue weighted by Gasteiger charge is -1.97. The smallest absolute Gasteiger partial charge is 0.136 e. The molecule has 0 N–H and O–H groups in total. The Labute approximate surface area is 167 Å². The van der Waals surface area contributed by atoms with Crippen LogP contribution in [0, 0.1) is 45.3 Å². The molecule has 0 fully saturated rings. The second-order valence-corrected chi connectivity index (χ2v) is 8.55. The molecular formula is C18H8N4S4. The highest BCUT2D eigenvalue weighted by atomic mass is 32.2. The van der Waals surface area contributed by atoms with Crippen molar-refractivity contribution in [1.29, 1.82) is 21.0 Å². The van der Waals surface area contributed by atoms with E-state index >= 15 is 0 Å². The van der Waals surface area contributed by atoms with E-state index in [-0.39, 0.29) is 11.1 Å². The lowest BCUT2D eigenvalue weighted by atomic mass is 10.1. The van der Waals surface area contributed by atoms with Crippen LogP contribution in [-0.4, -0.2) is 0 Å². The lowest BCUT2D eigenvalue weighted by Crippen LogP contribution is -2.11. The molecule has 0 saturated heterocycles. The number of thioether (sulfide) groups is 4. The van der Waals surface area contributed by atoms with Gasteiger partial charge in [0, 0.05) is 10.4 Å². The number of nitriles is 4. The van der Waals surface area contributed by atoms with Gasteiger partial charge in [-0.3, -0.25) is 0 Å². The second kappa shape index (κ2) is 10.5. The molecule has 26 heavy (non-hydrogen) atoms. The fourth-order valence-electron chi connectivity index (χ4n) is 1.72. The molecule has 0 bridgehead atoms. The van der Waals surface area contributed by atoms with E-state index in [1.54, 1.807) is 24.3 Å². The summed E-state index contributed by atoms with van der Waals surface area (Å²) in [7, 11) is 0. The van der Waals surface area contributed by atoms with Crippen molar-refractivity contribution in [3.63, 3.8) is 0 Å². The summed E-state index contributed by atoms with van der Waals surface area (Å²) in [6.07, 6.45) is 0. The highest BCUT2D eigenvalue weighted by Gasteiger charge is 2.12. The van der Waals surface area contributed by atoms with Gasteiger partial charge in [-0.1, -0.05) is 71.3 Å². The molecule has 8 heteroatoms. The van der Waals surface area contributed by atoms with Gasteiger partial charge in [-0.05, 0) is 21.6 Å². The maximum atomic E-state index is 8.63. The molecule has 4 nitrogen and oxygen atoms in total. The molecule has 1 aromatic rings. The van der Waals surface area contributed by atoms with Gasteiger partial charge in [-0.15, -0.1) is 0 Å². The van der Waals surface area contributed by atoms with Crippen LogP contribution in [0.25, 0.3) is 11.1 Å². The Hall–Kier alpha value is -2.46. The summed E-state index contributed by atoms with van der Waals surface area (Å²) in [4.78, 5) is 0. The molecule has 0 spiro atoms. The van der Waals surface area contributed by atoms with Gasteiger partial charge in [-0.25, -0.2) is 0 Å². The molecule has 0 saturated carbocycles. The predicted molar refractivity (Wildman–Crippen MR) is 111 cm³/mol. The van der Waals surface area contributed by atoms with Gasteiger partial charge >= 0.3 is 0 Å². The van der Waals surface area contributed by atoms with Gasteiger partial charge in [0.05, 0.1) is 8.47 Å². The van der Waals surface area contributed by atoms with Crippen LogP contribution in [0.4, 0.5) is 0 Å². The fourth-order valence-corrected chi connectivity index (χ4v) is 5.75. The molecule has 124 valence electrons. The molecule has 1 aromatic carbocycles. The van der Waals surface area contributed by atoms with E-state index in [4.69, 9.17) is 21.0 Å². The zero-order valence-corrected chi connectivity index (χ0v) is 16.3. The normalized spacial score (nSPS) is 13.7. The second-order valence-electron chi connectivity index (χ2n) is 4.37. The average Bonchev–Trinajstić information content (AvgIpc) is 3.39. The minimum Gasteiger partial charge on any atom is -0.192 e. The predicted octanol–water partition coefficient (Wildman–Crippen LogP) is 4.10. The van der Waals surface area contributed by atoms with Crippen molar-refractivity contribution in [3.05, 3.63) is 64.8 Å². The van der Waals surface area contributed by atoms with E-state index in [0.717, 1.165) is 0 Å². The van der Waals surface area contributed by atoms with Crippen molar-refractivity contribution in [2.24, 2.45) is 0 Å². The van der Waals surface area contributed by atoms with Crippen LogP contribution in [0.3, 0.4) is 0 Å². The number of nitrogens with zero attached hydrogens (tertiary/aromatic N) is 4. The minimum atomic E-state index is 0.00187. The highest BCUT2D eigenvalue weighted by molar-refractivity contribution is 8.33. The first-order valence-electron chi connectivity index (χ1n) is 6.89. The van der Waals surface area contributed by atoms with E-state index in [2.05, 4.69) is 21.6 Å². The molecule has 0 unspecified atom stereocenters. The first-order chi connectivity index (χ1) is 12.7. The standard InChI is InChI=1S/C12H4N4.C6H4S4/c13-5-11(6-14)9-1-2-10(4-3-9)12(7-15)8-16;1-2-8-5(7-1)6-9-3-4-10-6/h1-4H;1-4H. The maximum Gasteiger partial charge on any atom is 0.136 e. The van der Waals surface area contributed by atoms with E-state index in [1.165, 1.54) is 32.7 Å². The summed E-state index contributed by atoms with van der Waals surface area (Å²) < 4.78 is 2.86. The molecular weight excluding hydrogens is 400 g/mol. The molecule has 2 aliphatic rings. The summed E-state index contributed by atoms with van der Waals surface area (Å²) in [5.74, 6) is 0. The summed E-state index contributed by atoms with van der Waals surface area (Å²) in [5, 5.41) is 44.0. The summed E-state index contributed by atoms with van der Waals surface area (Å²) in [5.41, 5.74) is 0.00373. The monoisotopic (exact) mass is 408 g/mol. The zero-order chi connectivity index (χ0) is 18.8. The summed E-state index contributed by atoms with van der Waals surface area (Å²) in [6.45, 7) is 0. The number of benzene rings is 1. The molecule has 0 atom stereocenters. The van der Waals surface area contributed by atoms with Gasteiger partial charge in [0.1, 0.15) is 35.4 Å². The Morgan fingerprint density at radius 1 is 0.538 bits per heavy atom. The number of hydrogen-bond acceptors (Lipinski definition) is 8. The first-order valence-corrected chi connectivity index (χ1v) is 10.4.